The van der Waals surface area contributed by atoms with Crippen molar-refractivity contribution in [1.29, 1.82) is 0 Å². The Morgan fingerprint density at radius 2 is 1.74 bits per heavy atom. The first-order chi connectivity index (χ1) is 18.4. The summed E-state index contributed by atoms with van der Waals surface area (Å²) in [6, 6.07) is 12.9. The van der Waals surface area contributed by atoms with E-state index < -0.39 is 0 Å². The lowest BCUT2D eigenvalue weighted by atomic mass is 10.0. The van der Waals surface area contributed by atoms with Gasteiger partial charge in [0.1, 0.15) is 0 Å². The Balaban J connectivity index is 1.81. The van der Waals surface area contributed by atoms with Crippen LogP contribution in [0.5, 0.6) is 17.2 Å². The number of imidazole rings is 1. The number of benzene rings is 2. The number of hydrogen-bond donors (Lipinski definition) is 2. The van der Waals surface area contributed by atoms with Gasteiger partial charge in [0, 0.05) is 36.0 Å². The SMILES string of the molecule is COc1cc(-c2cnc3c(NC=O)cc(-c4cccc(C(=O)NCCN(C)C)c4)cn23)cc(OC)c1OC. The number of ether oxygens (including phenoxy) is 3. The van der Waals surface area contributed by atoms with Gasteiger partial charge < -0.3 is 29.7 Å². The Bertz CT molecular complexity index is 1440. The minimum absolute atomic E-state index is 0.151. The number of carbonyl (C=O) groups excluding carboxylic acids is 2. The Morgan fingerprint density at radius 3 is 2.37 bits per heavy atom. The summed E-state index contributed by atoms with van der Waals surface area (Å²) in [4.78, 5) is 30.7. The van der Waals surface area contributed by atoms with Crippen LogP contribution in [0, 0.1) is 0 Å². The van der Waals surface area contributed by atoms with Crippen LogP contribution in [-0.2, 0) is 4.79 Å². The third kappa shape index (κ3) is 5.40. The first-order valence-electron chi connectivity index (χ1n) is 11.9. The molecule has 0 aliphatic rings. The number of nitrogens with zero attached hydrogens (tertiary/aromatic N) is 3. The first-order valence-corrected chi connectivity index (χ1v) is 11.9. The maximum Gasteiger partial charge on any atom is 0.251 e. The summed E-state index contributed by atoms with van der Waals surface area (Å²) >= 11 is 0. The Labute approximate surface area is 221 Å². The summed E-state index contributed by atoms with van der Waals surface area (Å²) in [5.41, 5.74) is 4.74. The van der Waals surface area contributed by atoms with Gasteiger partial charge in [-0.3, -0.25) is 14.0 Å². The Hall–Kier alpha value is -4.57. The highest BCUT2D eigenvalue weighted by molar-refractivity contribution is 5.96. The van der Waals surface area contributed by atoms with Crippen molar-refractivity contribution in [3.8, 4) is 39.6 Å². The second-order valence-electron chi connectivity index (χ2n) is 8.80. The van der Waals surface area contributed by atoms with Gasteiger partial charge in [-0.2, -0.15) is 0 Å². The maximum atomic E-state index is 12.7. The van der Waals surface area contributed by atoms with Crippen LogP contribution >= 0.6 is 0 Å². The molecule has 10 heteroatoms. The highest BCUT2D eigenvalue weighted by Gasteiger charge is 2.18. The third-order valence-electron chi connectivity index (χ3n) is 6.08. The quantitative estimate of drug-likeness (QED) is 0.293. The van der Waals surface area contributed by atoms with Crippen LogP contribution < -0.4 is 24.8 Å². The fraction of sp³-hybridized carbons (Fsp3) is 0.250. The van der Waals surface area contributed by atoms with Crippen molar-refractivity contribution >= 4 is 23.7 Å². The second-order valence-corrected chi connectivity index (χ2v) is 8.80. The molecule has 0 bridgehead atoms. The topological polar surface area (TPSA) is 106 Å². The zero-order valence-corrected chi connectivity index (χ0v) is 22.1. The van der Waals surface area contributed by atoms with Gasteiger partial charge in [0.25, 0.3) is 5.91 Å². The largest absolute Gasteiger partial charge is 0.493 e. The van der Waals surface area contributed by atoms with Gasteiger partial charge in [-0.15, -0.1) is 0 Å². The molecule has 0 saturated carbocycles. The predicted octanol–water partition coefficient (Wildman–Crippen LogP) is 3.55. The van der Waals surface area contributed by atoms with Crippen LogP contribution in [0.4, 0.5) is 5.69 Å². The molecule has 0 atom stereocenters. The average Bonchev–Trinajstić information content (AvgIpc) is 3.36. The van der Waals surface area contributed by atoms with E-state index in [0.717, 1.165) is 28.9 Å². The molecule has 4 rings (SSSR count). The number of likely N-dealkylation sites (N-methyl/N-ethyl adjacent to an activating group) is 1. The minimum Gasteiger partial charge on any atom is -0.493 e. The Kier molecular flexibility index (Phi) is 8.12. The normalized spacial score (nSPS) is 10.9. The third-order valence-corrected chi connectivity index (χ3v) is 6.08. The highest BCUT2D eigenvalue weighted by atomic mass is 16.5. The molecule has 2 N–H and O–H groups in total. The van der Waals surface area contributed by atoms with Gasteiger partial charge in [0.05, 0.1) is 38.9 Å². The number of rotatable bonds is 11. The highest BCUT2D eigenvalue weighted by Crippen LogP contribution is 2.41. The van der Waals surface area contributed by atoms with Crippen molar-refractivity contribution in [2.24, 2.45) is 0 Å². The number of pyridine rings is 1. The van der Waals surface area contributed by atoms with E-state index in [2.05, 4.69) is 15.6 Å². The molecule has 0 aliphatic heterocycles. The number of anilines is 1. The lowest BCUT2D eigenvalue weighted by molar-refractivity contribution is -0.105. The molecule has 2 aromatic heterocycles. The molecule has 0 saturated heterocycles. The van der Waals surface area contributed by atoms with Gasteiger partial charge in [-0.1, -0.05) is 12.1 Å². The van der Waals surface area contributed by atoms with E-state index in [1.807, 2.05) is 66.0 Å². The number of aromatic nitrogens is 2. The van der Waals surface area contributed by atoms with Crippen LogP contribution in [0.15, 0.2) is 54.9 Å². The molecule has 2 aromatic carbocycles. The van der Waals surface area contributed by atoms with Crippen LogP contribution in [0.2, 0.25) is 0 Å². The van der Waals surface area contributed by atoms with Crippen LogP contribution in [0.1, 0.15) is 10.4 Å². The number of methoxy groups -OCH3 is 3. The van der Waals surface area contributed by atoms with E-state index in [-0.39, 0.29) is 5.91 Å². The van der Waals surface area contributed by atoms with Crippen molar-refractivity contribution in [2.75, 3.05) is 53.8 Å². The molecular weight excluding hydrogens is 486 g/mol. The predicted molar refractivity (Wildman–Crippen MR) is 146 cm³/mol. The molecule has 10 nitrogen and oxygen atoms in total. The molecule has 4 aromatic rings. The van der Waals surface area contributed by atoms with Crippen LogP contribution in [0.25, 0.3) is 28.0 Å². The van der Waals surface area contributed by atoms with E-state index in [9.17, 15) is 9.59 Å². The van der Waals surface area contributed by atoms with Crippen molar-refractivity contribution in [2.45, 2.75) is 0 Å². The van der Waals surface area contributed by atoms with Gasteiger partial charge in [-0.25, -0.2) is 4.98 Å². The average molecular weight is 518 g/mol. The number of hydrogen-bond acceptors (Lipinski definition) is 7. The van der Waals surface area contributed by atoms with Crippen molar-refractivity contribution in [3.05, 3.63) is 60.4 Å². The fourth-order valence-electron chi connectivity index (χ4n) is 4.19. The molecule has 38 heavy (non-hydrogen) atoms. The molecule has 0 radical (unpaired) electrons. The van der Waals surface area contributed by atoms with Crippen molar-refractivity contribution < 1.29 is 23.8 Å². The lowest BCUT2D eigenvalue weighted by Gasteiger charge is -2.15. The lowest BCUT2D eigenvalue weighted by Crippen LogP contribution is -2.31. The number of amides is 2. The molecular formula is C28H31N5O5. The van der Waals surface area contributed by atoms with Crippen molar-refractivity contribution in [1.82, 2.24) is 19.6 Å². The van der Waals surface area contributed by atoms with Crippen LogP contribution in [0.3, 0.4) is 0 Å². The fourth-order valence-corrected chi connectivity index (χ4v) is 4.19. The monoisotopic (exact) mass is 517 g/mol. The molecule has 0 aliphatic carbocycles. The van der Waals surface area contributed by atoms with Gasteiger partial charge in [0.2, 0.25) is 12.2 Å². The number of carbonyl (C=O) groups is 2. The van der Waals surface area contributed by atoms with E-state index in [1.54, 1.807) is 33.6 Å². The minimum atomic E-state index is -0.151. The molecule has 2 amide bonds. The van der Waals surface area contributed by atoms with Crippen molar-refractivity contribution in [3.63, 3.8) is 0 Å². The first kappa shape index (κ1) is 26.5. The summed E-state index contributed by atoms with van der Waals surface area (Å²) in [6.07, 6.45) is 4.24. The molecule has 2 heterocycles. The van der Waals surface area contributed by atoms with Crippen LogP contribution in [-0.4, -0.2) is 75.1 Å². The summed E-state index contributed by atoms with van der Waals surface area (Å²) in [7, 11) is 8.58. The van der Waals surface area contributed by atoms with E-state index >= 15 is 0 Å². The maximum absolute atomic E-state index is 12.7. The zero-order valence-electron chi connectivity index (χ0n) is 22.1. The van der Waals surface area contributed by atoms with Gasteiger partial charge in [0.15, 0.2) is 17.1 Å². The molecule has 198 valence electrons. The van der Waals surface area contributed by atoms with E-state index in [0.29, 0.717) is 47.1 Å². The van der Waals surface area contributed by atoms with Gasteiger partial charge in [-0.05, 0) is 50.0 Å². The number of nitrogens with one attached hydrogen (secondary N) is 2. The second kappa shape index (κ2) is 11.7. The summed E-state index contributed by atoms with van der Waals surface area (Å²) in [5.74, 6) is 1.35. The summed E-state index contributed by atoms with van der Waals surface area (Å²) < 4.78 is 18.4. The summed E-state index contributed by atoms with van der Waals surface area (Å²) in [5, 5.41) is 5.69. The van der Waals surface area contributed by atoms with Gasteiger partial charge >= 0.3 is 0 Å². The van der Waals surface area contributed by atoms with E-state index in [4.69, 9.17) is 14.2 Å². The molecule has 0 fully saturated rings. The van der Waals surface area contributed by atoms with E-state index in [1.165, 1.54) is 0 Å². The summed E-state index contributed by atoms with van der Waals surface area (Å²) in [6.45, 7) is 1.29. The molecule has 0 spiro atoms. The number of fused-ring (bicyclic) bond motifs is 1. The standard InChI is InChI=1S/C28H31N5O5/c1-32(2)10-9-29-28(35)19-8-6-7-18(11-19)21-12-22(31-17-34)27-30-15-23(33(27)16-21)20-13-24(36-3)26(38-5)25(14-20)37-4/h6-8,11-17H,9-10H2,1-5H3,(H,29,35)(H,31,34). The zero-order chi connectivity index (χ0) is 27.2. The molecule has 0 unspecified atom stereocenters. The smallest absolute Gasteiger partial charge is 0.251 e. The Morgan fingerprint density at radius 1 is 1.00 bits per heavy atom.